The quantitative estimate of drug-likeness (QED) is 0.116. The first kappa shape index (κ1) is 30.0. The molecule has 0 aromatic carbocycles. The van der Waals surface area contributed by atoms with E-state index >= 15 is 0 Å². The van der Waals surface area contributed by atoms with Crippen LogP contribution >= 0.6 is 0 Å². The maximum absolute atomic E-state index is 2.57. The van der Waals surface area contributed by atoms with Gasteiger partial charge in [-0.1, -0.05) is 187 Å². The van der Waals surface area contributed by atoms with E-state index in [2.05, 4.69) is 20.3 Å². The summed E-state index contributed by atoms with van der Waals surface area (Å²) >= 11 is 0. The Morgan fingerprint density at radius 2 is 0.467 bits per heavy atom. The average Bonchev–Trinajstić information content (AvgIpc) is 2.76. The van der Waals surface area contributed by atoms with Gasteiger partial charge < -0.3 is 0 Å². The van der Waals surface area contributed by atoms with Gasteiger partial charge in [0.1, 0.15) is 0 Å². The Bertz CT molecular complexity index is 241. The summed E-state index contributed by atoms with van der Waals surface area (Å²) in [6, 6.07) is 0. The third-order valence-electron chi connectivity index (χ3n) is 6.77. The fraction of sp³-hybridized carbons (Fsp3) is 0.967. The van der Waals surface area contributed by atoms with E-state index in [1.165, 1.54) is 173 Å². The van der Waals surface area contributed by atoms with Crippen LogP contribution in [0.1, 0.15) is 187 Å². The van der Waals surface area contributed by atoms with Crippen LogP contribution in [0, 0.1) is 6.42 Å². The molecule has 0 amide bonds. The van der Waals surface area contributed by atoms with Crippen molar-refractivity contribution in [3.63, 3.8) is 0 Å². The van der Waals surface area contributed by atoms with Crippen LogP contribution in [0.2, 0.25) is 0 Å². The molecule has 0 unspecified atom stereocenters. The van der Waals surface area contributed by atoms with Gasteiger partial charge >= 0.3 is 0 Å². The lowest BCUT2D eigenvalue weighted by atomic mass is 10.0. The second kappa shape index (κ2) is 29.0. The number of rotatable bonds is 27. The van der Waals surface area contributed by atoms with Crippen LogP contribution in [0.4, 0.5) is 0 Å². The molecule has 0 nitrogen and oxygen atoms in total. The summed E-state index contributed by atoms with van der Waals surface area (Å²) < 4.78 is 0. The van der Waals surface area contributed by atoms with Crippen LogP contribution in [0.5, 0.6) is 0 Å². The van der Waals surface area contributed by atoms with Crippen molar-refractivity contribution in [1.82, 2.24) is 0 Å². The van der Waals surface area contributed by atoms with Gasteiger partial charge in [-0.25, -0.2) is 0 Å². The molecule has 0 atom stereocenters. The highest BCUT2D eigenvalue weighted by atomic mass is 14.0. The smallest absolute Gasteiger partial charge is 0.0386 e. The van der Waals surface area contributed by atoms with Gasteiger partial charge in [0, 0.05) is 0 Å². The molecule has 0 spiro atoms. The molecule has 0 saturated heterocycles. The first-order valence-electron chi connectivity index (χ1n) is 14.7. The molecule has 0 aliphatic rings. The van der Waals surface area contributed by atoms with Crippen molar-refractivity contribution >= 4 is 0 Å². The Hall–Kier alpha value is 0. The van der Waals surface area contributed by atoms with Gasteiger partial charge in [0.25, 0.3) is 0 Å². The van der Waals surface area contributed by atoms with Crippen molar-refractivity contribution in [1.29, 1.82) is 0 Å². The molecule has 0 bridgehead atoms. The third kappa shape index (κ3) is 28.0. The lowest BCUT2D eigenvalue weighted by Gasteiger charge is -2.04. The molecular formula is C30H61. The summed E-state index contributed by atoms with van der Waals surface area (Å²) in [6.45, 7) is 4.61. The lowest BCUT2D eigenvalue weighted by molar-refractivity contribution is 0.528. The van der Waals surface area contributed by atoms with Crippen LogP contribution in [0.15, 0.2) is 0 Å². The molecule has 0 N–H and O–H groups in total. The second-order valence-electron chi connectivity index (χ2n) is 10.00. The highest BCUT2D eigenvalue weighted by Gasteiger charge is 1.96. The maximum Gasteiger partial charge on any atom is -0.0386 e. The highest BCUT2D eigenvalue weighted by molar-refractivity contribution is 4.64. The zero-order valence-corrected chi connectivity index (χ0v) is 21.7. The van der Waals surface area contributed by atoms with Crippen LogP contribution in [0.3, 0.4) is 0 Å². The fourth-order valence-corrected chi connectivity index (χ4v) is 4.58. The molecule has 0 aromatic rings. The molecule has 0 aliphatic heterocycles. The molecule has 181 valence electrons. The highest BCUT2D eigenvalue weighted by Crippen LogP contribution is 2.15. The average molecular weight is 422 g/mol. The van der Waals surface area contributed by atoms with Gasteiger partial charge in [0.2, 0.25) is 0 Å². The predicted octanol–water partition coefficient (Wildman–Crippen LogP) is 11.8. The van der Waals surface area contributed by atoms with E-state index in [1.807, 2.05) is 0 Å². The number of hydrogen-bond acceptors (Lipinski definition) is 0. The molecule has 0 aromatic heterocycles. The lowest BCUT2D eigenvalue weighted by Crippen LogP contribution is -1.85. The van der Waals surface area contributed by atoms with Crippen molar-refractivity contribution in [2.75, 3.05) is 0 Å². The minimum Gasteiger partial charge on any atom is -0.0654 e. The van der Waals surface area contributed by atoms with Crippen LogP contribution in [0.25, 0.3) is 0 Å². The van der Waals surface area contributed by atoms with E-state index in [9.17, 15) is 0 Å². The zero-order valence-electron chi connectivity index (χ0n) is 21.7. The molecule has 0 saturated carbocycles. The van der Waals surface area contributed by atoms with E-state index in [-0.39, 0.29) is 0 Å². The van der Waals surface area contributed by atoms with Crippen molar-refractivity contribution < 1.29 is 0 Å². The summed E-state index contributed by atoms with van der Waals surface area (Å²) in [4.78, 5) is 0. The summed E-state index contributed by atoms with van der Waals surface area (Å²) in [6.07, 6.45) is 41.9. The monoisotopic (exact) mass is 421 g/mol. The number of unbranched alkanes of at least 4 members (excludes halogenated alkanes) is 27. The fourth-order valence-electron chi connectivity index (χ4n) is 4.58. The Balaban J connectivity index is 2.97. The zero-order chi connectivity index (χ0) is 21.8. The molecule has 0 rings (SSSR count). The SMILES string of the molecule is CCCCCCCCCCC[CH]CCCCCCCCCCCCCCCCCC. The molecule has 0 heteroatoms. The van der Waals surface area contributed by atoms with Gasteiger partial charge in [-0.2, -0.15) is 0 Å². The van der Waals surface area contributed by atoms with Crippen molar-refractivity contribution in [3.8, 4) is 0 Å². The molecule has 0 heterocycles. The minimum absolute atomic E-state index is 1.37. The largest absolute Gasteiger partial charge is 0.0654 e. The number of hydrogen-bond donors (Lipinski definition) is 0. The van der Waals surface area contributed by atoms with E-state index < -0.39 is 0 Å². The Labute approximate surface area is 193 Å². The predicted molar refractivity (Wildman–Crippen MR) is 140 cm³/mol. The second-order valence-corrected chi connectivity index (χ2v) is 10.00. The van der Waals surface area contributed by atoms with Crippen LogP contribution in [-0.2, 0) is 0 Å². The first-order chi connectivity index (χ1) is 14.9. The van der Waals surface area contributed by atoms with E-state index in [0.29, 0.717) is 0 Å². The van der Waals surface area contributed by atoms with Gasteiger partial charge in [0.05, 0.1) is 0 Å². The molecular weight excluding hydrogens is 360 g/mol. The molecule has 0 fully saturated rings. The standard InChI is InChI=1S/C30H61/c1-3-5-7-9-11-13-15-17-19-21-23-25-27-29-30-28-26-24-22-20-18-16-14-12-10-8-6-4-2/h23H,3-22,24-30H2,1-2H3. The maximum atomic E-state index is 2.57. The van der Waals surface area contributed by atoms with Crippen molar-refractivity contribution in [2.45, 2.75) is 187 Å². The van der Waals surface area contributed by atoms with Gasteiger partial charge in [-0.3, -0.25) is 0 Å². The molecule has 1 radical (unpaired) electrons. The third-order valence-corrected chi connectivity index (χ3v) is 6.77. The van der Waals surface area contributed by atoms with Gasteiger partial charge in [-0.15, -0.1) is 0 Å². The van der Waals surface area contributed by atoms with Crippen molar-refractivity contribution in [2.24, 2.45) is 0 Å². The normalized spacial score (nSPS) is 11.4. The van der Waals surface area contributed by atoms with Gasteiger partial charge in [-0.05, 0) is 6.42 Å². The topological polar surface area (TPSA) is 0 Å². The Kier molecular flexibility index (Phi) is 29.0. The van der Waals surface area contributed by atoms with E-state index in [0.717, 1.165) is 0 Å². The van der Waals surface area contributed by atoms with Crippen molar-refractivity contribution in [3.05, 3.63) is 6.42 Å². The van der Waals surface area contributed by atoms with E-state index in [4.69, 9.17) is 0 Å². The van der Waals surface area contributed by atoms with E-state index in [1.54, 1.807) is 0 Å². The Morgan fingerprint density at radius 3 is 0.700 bits per heavy atom. The van der Waals surface area contributed by atoms with Crippen LogP contribution < -0.4 is 0 Å². The summed E-state index contributed by atoms with van der Waals surface area (Å²) in [5.74, 6) is 0. The summed E-state index contributed by atoms with van der Waals surface area (Å²) in [5, 5.41) is 0. The Morgan fingerprint density at radius 1 is 0.267 bits per heavy atom. The molecule has 30 heavy (non-hydrogen) atoms. The van der Waals surface area contributed by atoms with Crippen LogP contribution in [-0.4, -0.2) is 0 Å². The molecule has 0 aliphatic carbocycles. The minimum atomic E-state index is 1.37. The first-order valence-corrected chi connectivity index (χ1v) is 14.7. The summed E-state index contributed by atoms with van der Waals surface area (Å²) in [7, 11) is 0. The van der Waals surface area contributed by atoms with Gasteiger partial charge in [0.15, 0.2) is 0 Å². The summed E-state index contributed by atoms with van der Waals surface area (Å²) in [5.41, 5.74) is 0.